The van der Waals surface area contributed by atoms with Gasteiger partial charge in [-0.15, -0.1) is 0 Å². The van der Waals surface area contributed by atoms with Crippen molar-refractivity contribution in [3.63, 3.8) is 0 Å². The number of likely N-dealkylation sites (N-methyl/N-ethyl adjacent to an activating group) is 1. The molecule has 1 aromatic carbocycles. The summed E-state index contributed by atoms with van der Waals surface area (Å²) >= 11 is 0. The summed E-state index contributed by atoms with van der Waals surface area (Å²) in [5, 5.41) is 0. The van der Waals surface area contributed by atoms with E-state index in [9.17, 15) is 0 Å². The van der Waals surface area contributed by atoms with E-state index in [0.29, 0.717) is 0 Å². The lowest BCUT2D eigenvalue weighted by atomic mass is 10.2. The molecule has 2 rings (SSSR count). The highest BCUT2D eigenvalue weighted by Crippen LogP contribution is 2.20. The SMILES string of the molecule is CN(C)CCN1CCN(c2ccc(N=C(N)N)cc2)CC1. The summed E-state index contributed by atoms with van der Waals surface area (Å²) in [4.78, 5) is 11.2. The molecule has 6 nitrogen and oxygen atoms in total. The predicted molar refractivity (Wildman–Crippen MR) is 89.1 cm³/mol. The van der Waals surface area contributed by atoms with Gasteiger partial charge >= 0.3 is 0 Å². The zero-order valence-electron chi connectivity index (χ0n) is 13.0. The predicted octanol–water partition coefficient (Wildman–Crippen LogP) is 0.275. The number of anilines is 1. The Kier molecular flexibility index (Phi) is 5.41. The minimum atomic E-state index is 0.0947. The number of nitrogens with zero attached hydrogens (tertiary/aromatic N) is 4. The van der Waals surface area contributed by atoms with Gasteiger partial charge in [0, 0.05) is 45.0 Å². The Hall–Kier alpha value is -1.79. The van der Waals surface area contributed by atoms with Crippen LogP contribution in [0.15, 0.2) is 29.3 Å². The normalized spacial score (nSPS) is 16.2. The summed E-state index contributed by atoms with van der Waals surface area (Å²) in [5.74, 6) is 0.0947. The molecule has 0 aliphatic carbocycles. The molecule has 0 radical (unpaired) electrons. The molecule has 4 N–H and O–H groups in total. The number of rotatable bonds is 5. The molecule has 0 bridgehead atoms. The van der Waals surface area contributed by atoms with Crippen molar-refractivity contribution in [2.45, 2.75) is 0 Å². The average Bonchev–Trinajstić information content (AvgIpc) is 2.46. The Morgan fingerprint density at radius 1 is 1.10 bits per heavy atom. The first-order chi connectivity index (χ1) is 10.0. The van der Waals surface area contributed by atoms with Crippen molar-refractivity contribution in [2.75, 3.05) is 58.3 Å². The molecule has 0 unspecified atom stereocenters. The van der Waals surface area contributed by atoms with Crippen molar-refractivity contribution in [1.82, 2.24) is 9.80 Å². The third kappa shape index (κ3) is 4.91. The molecule has 0 spiro atoms. The van der Waals surface area contributed by atoms with Crippen LogP contribution < -0.4 is 16.4 Å². The summed E-state index contributed by atoms with van der Waals surface area (Å²) < 4.78 is 0. The maximum absolute atomic E-state index is 5.38. The Morgan fingerprint density at radius 2 is 1.71 bits per heavy atom. The number of piperazine rings is 1. The standard InChI is InChI=1S/C15H26N6/c1-19(2)7-8-20-9-11-21(12-10-20)14-5-3-13(4-6-14)18-15(16)17/h3-6H,7-12H2,1-2H3,(H4,16,17,18). The Balaban J connectivity index is 1.86. The van der Waals surface area contributed by atoms with Gasteiger partial charge in [0.15, 0.2) is 5.96 Å². The molecule has 0 atom stereocenters. The van der Waals surface area contributed by atoms with E-state index in [2.05, 4.69) is 45.9 Å². The Labute approximate surface area is 127 Å². The molecule has 1 fully saturated rings. The second-order valence-electron chi connectivity index (χ2n) is 5.69. The minimum absolute atomic E-state index is 0.0947. The quantitative estimate of drug-likeness (QED) is 0.602. The fourth-order valence-electron chi connectivity index (χ4n) is 2.46. The van der Waals surface area contributed by atoms with E-state index in [1.54, 1.807) is 0 Å². The molecule has 0 amide bonds. The van der Waals surface area contributed by atoms with Gasteiger partial charge < -0.3 is 21.3 Å². The van der Waals surface area contributed by atoms with Gasteiger partial charge in [0.2, 0.25) is 0 Å². The summed E-state index contributed by atoms with van der Waals surface area (Å²) in [6.07, 6.45) is 0. The van der Waals surface area contributed by atoms with Crippen LogP contribution in [-0.4, -0.2) is 69.1 Å². The highest BCUT2D eigenvalue weighted by Gasteiger charge is 2.16. The molecule has 116 valence electrons. The molecule has 1 heterocycles. The van der Waals surface area contributed by atoms with Gasteiger partial charge in [0.05, 0.1) is 5.69 Å². The van der Waals surface area contributed by atoms with Crippen molar-refractivity contribution >= 4 is 17.3 Å². The molecular formula is C15H26N6. The monoisotopic (exact) mass is 290 g/mol. The second kappa shape index (κ2) is 7.28. The van der Waals surface area contributed by atoms with Gasteiger partial charge in [-0.3, -0.25) is 4.90 Å². The maximum Gasteiger partial charge on any atom is 0.191 e. The summed E-state index contributed by atoms with van der Waals surface area (Å²) in [7, 11) is 4.24. The van der Waals surface area contributed by atoms with Crippen LogP contribution in [0.25, 0.3) is 0 Å². The third-order valence-electron chi connectivity index (χ3n) is 3.71. The lowest BCUT2D eigenvalue weighted by Gasteiger charge is -2.36. The highest BCUT2D eigenvalue weighted by atomic mass is 15.3. The second-order valence-corrected chi connectivity index (χ2v) is 5.69. The van der Waals surface area contributed by atoms with Crippen LogP contribution in [0.1, 0.15) is 0 Å². The smallest absolute Gasteiger partial charge is 0.191 e. The largest absolute Gasteiger partial charge is 0.370 e. The fraction of sp³-hybridized carbons (Fsp3) is 0.533. The maximum atomic E-state index is 5.38. The van der Waals surface area contributed by atoms with Crippen LogP contribution >= 0.6 is 0 Å². The number of hydrogen-bond donors (Lipinski definition) is 2. The molecule has 0 aromatic heterocycles. The van der Waals surface area contributed by atoms with Crippen LogP contribution in [0.5, 0.6) is 0 Å². The van der Waals surface area contributed by atoms with E-state index < -0.39 is 0 Å². The van der Waals surface area contributed by atoms with Gasteiger partial charge in [0.25, 0.3) is 0 Å². The van der Waals surface area contributed by atoms with Crippen molar-refractivity contribution < 1.29 is 0 Å². The molecule has 1 aliphatic rings. The number of hydrogen-bond acceptors (Lipinski definition) is 4. The lowest BCUT2D eigenvalue weighted by Crippen LogP contribution is -2.48. The van der Waals surface area contributed by atoms with Crippen molar-refractivity contribution in [3.8, 4) is 0 Å². The van der Waals surface area contributed by atoms with Crippen LogP contribution in [0.4, 0.5) is 11.4 Å². The van der Waals surface area contributed by atoms with E-state index in [1.807, 2.05) is 12.1 Å². The first-order valence-electron chi connectivity index (χ1n) is 7.36. The molecular weight excluding hydrogens is 264 g/mol. The molecule has 1 aromatic rings. The van der Waals surface area contributed by atoms with E-state index in [-0.39, 0.29) is 5.96 Å². The van der Waals surface area contributed by atoms with E-state index in [4.69, 9.17) is 11.5 Å². The van der Waals surface area contributed by atoms with Crippen LogP contribution in [0.2, 0.25) is 0 Å². The van der Waals surface area contributed by atoms with Gasteiger partial charge in [-0.25, -0.2) is 4.99 Å². The van der Waals surface area contributed by atoms with Crippen LogP contribution in [-0.2, 0) is 0 Å². The van der Waals surface area contributed by atoms with Crippen molar-refractivity contribution in [2.24, 2.45) is 16.5 Å². The molecule has 1 saturated heterocycles. The first-order valence-corrected chi connectivity index (χ1v) is 7.36. The molecule has 0 saturated carbocycles. The van der Waals surface area contributed by atoms with Crippen molar-refractivity contribution in [3.05, 3.63) is 24.3 Å². The van der Waals surface area contributed by atoms with E-state index in [0.717, 1.165) is 45.0 Å². The summed E-state index contributed by atoms with van der Waals surface area (Å²) in [6.45, 7) is 6.62. The van der Waals surface area contributed by atoms with E-state index in [1.165, 1.54) is 5.69 Å². The Bertz CT molecular complexity index is 456. The van der Waals surface area contributed by atoms with Crippen LogP contribution in [0, 0.1) is 0 Å². The summed E-state index contributed by atoms with van der Waals surface area (Å²) in [6, 6.07) is 8.06. The average molecular weight is 290 g/mol. The zero-order chi connectivity index (χ0) is 15.2. The number of nitrogens with two attached hydrogens (primary N) is 2. The molecule has 1 aliphatic heterocycles. The number of guanidine groups is 1. The zero-order valence-corrected chi connectivity index (χ0v) is 13.0. The van der Waals surface area contributed by atoms with Gasteiger partial charge in [0.1, 0.15) is 0 Å². The first kappa shape index (κ1) is 15.6. The number of aliphatic imine (C=N–C) groups is 1. The van der Waals surface area contributed by atoms with Gasteiger partial charge in [-0.05, 0) is 38.4 Å². The third-order valence-corrected chi connectivity index (χ3v) is 3.71. The van der Waals surface area contributed by atoms with Gasteiger partial charge in [-0.2, -0.15) is 0 Å². The minimum Gasteiger partial charge on any atom is -0.370 e. The number of benzene rings is 1. The fourth-order valence-corrected chi connectivity index (χ4v) is 2.46. The molecule has 6 heteroatoms. The topological polar surface area (TPSA) is 74.1 Å². The molecule has 21 heavy (non-hydrogen) atoms. The lowest BCUT2D eigenvalue weighted by molar-refractivity contribution is 0.229. The van der Waals surface area contributed by atoms with E-state index >= 15 is 0 Å². The highest BCUT2D eigenvalue weighted by molar-refractivity contribution is 5.79. The van der Waals surface area contributed by atoms with Gasteiger partial charge in [-0.1, -0.05) is 0 Å². The van der Waals surface area contributed by atoms with Crippen molar-refractivity contribution in [1.29, 1.82) is 0 Å². The Morgan fingerprint density at radius 3 is 2.24 bits per heavy atom. The summed E-state index contributed by atoms with van der Waals surface area (Å²) in [5.41, 5.74) is 12.8. The van der Waals surface area contributed by atoms with Crippen LogP contribution in [0.3, 0.4) is 0 Å².